The number of hydrogen-bond donors (Lipinski definition) is 0. The van der Waals surface area contributed by atoms with Crippen LogP contribution in [-0.2, 0) is 4.79 Å². The summed E-state index contributed by atoms with van der Waals surface area (Å²) in [4.78, 5) is 29.7. The van der Waals surface area contributed by atoms with Crippen LogP contribution in [0.15, 0.2) is 48.8 Å². The summed E-state index contributed by atoms with van der Waals surface area (Å²) in [6, 6.07) is 12.4. The highest BCUT2D eigenvalue weighted by Gasteiger charge is 2.34. The maximum Gasteiger partial charge on any atom is 0.150 e. The van der Waals surface area contributed by atoms with Gasteiger partial charge in [-0.25, -0.2) is 9.97 Å². The van der Waals surface area contributed by atoms with Crippen molar-refractivity contribution in [2.24, 2.45) is 5.92 Å². The fourth-order valence-electron chi connectivity index (χ4n) is 4.19. The minimum atomic E-state index is 0.189. The first-order valence-electron chi connectivity index (χ1n) is 9.94. The molecule has 0 unspecified atom stereocenters. The lowest BCUT2D eigenvalue weighted by molar-refractivity contribution is -0.111. The molecule has 2 aliphatic heterocycles. The van der Waals surface area contributed by atoms with E-state index < -0.39 is 0 Å². The van der Waals surface area contributed by atoms with Crippen LogP contribution in [0.1, 0.15) is 24.5 Å². The number of aromatic nitrogens is 3. The van der Waals surface area contributed by atoms with Crippen molar-refractivity contribution in [1.82, 2.24) is 15.0 Å². The van der Waals surface area contributed by atoms with Crippen molar-refractivity contribution < 1.29 is 4.79 Å². The summed E-state index contributed by atoms with van der Waals surface area (Å²) in [7, 11) is 0. The number of rotatable bonds is 4. The molecule has 1 aromatic carbocycles. The molecule has 6 nitrogen and oxygen atoms in total. The van der Waals surface area contributed by atoms with Gasteiger partial charge in [0.15, 0.2) is 5.82 Å². The van der Waals surface area contributed by atoms with Crippen LogP contribution in [0.4, 0.5) is 11.6 Å². The summed E-state index contributed by atoms with van der Waals surface area (Å²) in [6.07, 6.45) is 6.45. The first-order valence-corrected chi connectivity index (χ1v) is 9.94. The number of benzene rings is 1. The van der Waals surface area contributed by atoms with E-state index in [2.05, 4.69) is 44.0 Å². The van der Waals surface area contributed by atoms with Crippen LogP contribution >= 0.6 is 0 Å². The molecule has 3 aromatic rings. The maximum atomic E-state index is 11.0. The molecule has 0 atom stereocenters. The smallest absolute Gasteiger partial charge is 0.150 e. The number of aldehydes is 1. The van der Waals surface area contributed by atoms with E-state index in [4.69, 9.17) is 4.98 Å². The number of pyridine rings is 1. The molecule has 6 heteroatoms. The predicted molar refractivity (Wildman–Crippen MR) is 110 cm³/mol. The van der Waals surface area contributed by atoms with Crippen LogP contribution in [0.25, 0.3) is 10.9 Å². The Labute approximate surface area is 164 Å². The van der Waals surface area contributed by atoms with Gasteiger partial charge >= 0.3 is 0 Å². The topological polar surface area (TPSA) is 62.2 Å². The Balaban J connectivity index is 1.31. The number of carbonyl (C=O) groups is 1. The fraction of sp³-hybridized carbons (Fsp3) is 0.364. The lowest BCUT2D eigenvalue weighted by atomic mass is 9.94. The van der Waals surface area contributed by atoms with Gasteiger partial charge in [-0.2, -0.15) is 0 Å². The number of hydrogen-bond acceptors (Lipinski definition) is 6. The molecule has 0 aliphatic carbocycles. The Hall–Kier alpha value is -3.02. The molecule has 5 rings (SSSR count). The average Bonchev–Trinajstić information content (AvgIpc) is 2.73. The molecule has 0 bridgehead atoms. The van der Waals surface area contributed by atoms with Gasteiger partial charge in [-0.3, -0.25) is 4.98 Å². The monoisotopic (exact) mass is 373 g/mol. The van der Waals surface area contributed by atoms with E-state index in [9.17, 15) is 4.79 Å². The highest BCUT2D eigenvalue weighted by molar-refractivity contribution is 5.80. The maximum absolute atomic E-state index is 11.0. The molecular formula is C22H23N5O. The van der Waals surface area contributed by atoms with Gasteiger partial charge in [-0.1, -0.05) is 18.2 Å². The number of carbonyl (C=O) groups excluding carboxylic acids is 1. The van der Waals surface area contributed by atoms with Crippen molar-refractivity contribution >= 4 is 28.8 Å². The van der Waals surface area contributed by atoms with E-state index in [1.54, 1.807) is 12.4 Å². The van der Waals surface area contributed by atoms with Gasteiger partial charge in [0, 0.05) is 55.8 Å². The standard InChI is InChI=1S/C22H23N5O/c28-15-16-7-11-26(12-8-16)22-21(23-9-10-24-22)18-13-27(14-18)20-6-5-17-3-1-2-4-19(17)25-20/h1-6,9-10,15-16,18H,7-8,11-14H2. The zero-order valence-electron chi connectivity index (χ0n) is 15.7. The highest BCUT2D eigenvalue weighted by Crippen LogP contribution is 2.35. The molecular weight excluding hydrogens is 350 g/mol. The molecule has 0 saturated carbocycles. The summed E-state index contributed by atoms with van der Waals surface area (Å²) < 4.78 is 0. The van der Waals surface area contributed by atoms with Crippen molar-refractivity contribution in [2.75, 3.05) is 36.0 Å². The van der Waals surface area contributed by atoms with E-state index in [-0.39, 0.29) is 5.92 Å². The lowest BCUT2D eigenvalue weighted by Crippen LogP contribution is -2.47. The quantitative estimate of drug-likeness (QED) is 0.655. The summed E-state index contributed by atoms with van der Waals surface area (Å²) >= 11 is 0. The van der Waals surface area contributed by atoms with Gasteiger partial charge in [-0.15, -0.1) is 0 Å². The Bertz CT molecular complexity index is 993. The second-order valence-electron chi connectivity index (χ2n) is 7.69. The third kappa shape index (κ3) is 3.09. The summed E-state index contributed by atoms with van der Waals surface area (Å²) in [5.74, 6) is 2.56. The van der Waals surface area contributed by atoms with E-state index in [0.717, 1.165) is 68.2 Å². The zero-order chi connectivity index (χ0) is 18.9. The first-order chi connectivity index (χ1) is 13.8. The van der Waals surface area contributed by atoms with E-state index in [0.29, 0.717) is 5.92 Å². The highest BCUT2D eigenvalue weighted by atomic mass is 16.1. The first kappa shape index (κ1) is 17.1. The van der Waals surface area contributed by atoms with Crippen molar-refractivity contribution in [3.63, 3.8) is 0 Å². The molecule has 2 fully saturated rings. The van der Waals surface area contributed by atoms with Gasteiger partial charge < -0.3 is 14.6 Å². The Morgan fingerprint density at radius 2 is 1.71 bits per heavy atom. The molecule has 142 valence electrons. The minimum Gasteiger partial charge on any atom is -0.355 e. The molecule has 0 radical (unpaired) electrons. The second-order valence-corrected chi connectivity index (χ2v) is 7.69. The molecule has 0 N–H and O–H groups in total. The number of fused-ring (bicyclic) bond motifs is 1. The van der Waals surface area contributed by atoms with Crippen LogP contribution in [0.2, 0.25) is 0 Å². The molecule has 2 aromatic heterocycles. The third-order valence-electron chi connectivity index (χ3n) is 5.91. The minimum absolute atomic E-state index is 0.189. The van der Waals surface area contributed by atoms with Crippen LogP contribution in [0.3, 0.4) is 0 Å². The van der Waals surface area contributed by atoms with Gasteiger partial charge in [-0.05, 0) is 31.0 Å². The van der Waals surface area contributed by atoms with E-state index in [1.807, 2.05) is 12.1 Å². The van der Waals surface area contributed by atoms with Gasteiger partial charge in [0.05, 0.1) is 11.2 Å². The predicted octanol–water partition coefficient (Wildman–Crippen LogP) is 3.04. The van der Waals surface area contributed by atoms with E-state index >= 15 is 0 Å². The second kappa shape index (κ2) is 7.19. The molecule has 0 spiro atoms. The van der Waals surface area contributed by atoms with Crippen molar-refractivity contribution in [3.05, 3.63) is 54.5 Å². The van der Waals surface area contributed by atoms with Gasteiger partial charge in [0.25, 0.3) is 0 Å². The Kier molecular flexibility index (Phi) is 4.39. The largest absolute Gasteiger partial charge is 0.355 e. The van der Waals surface area contributed by atoms with Crippen molar-refractivity contribution in [1.29, 1.82) is 0 Å². The SMILES string of the molecule is O=CC1CCN(c2nccnc2C2CN(c3ccc4ccccc4n3)C2)CC1. The Morgan fingerprint density at radius 1 is 0.929 bits per heavy atom. The lowest BCUT2D eigenvalue weighted by Gasteiger charge is -2.41. The average molecular weight is 373 g/mol. The molecule has 0 amide bonds. The van der Waals surface area contributed by atoms with Gasteiger partial charge in [0.1, 0.15) is 12.1 Å². The van der Waals surface area contributed by atoms with Crippen molar-refractivity contribution in [3.8, 4) is 0 Å². The zero-order valence-corrected chi connectivity index (χ0v) is 15.7. The summed E-state index contributed by atoms with van der Waals surface area (Å²) in [5.41, 5.74) is 2.10. The molecule has 2 saturated heterocycles. The molecule has 28 heavy (non-hydrogen) atoms. The van der Waals surface area contributed by atoms with Crippen LogP contribution in [0, 0.1) is 5.92 Å². The fourth-order valence-corrected chi connectivity index (χ4v) is 4.19. The molecule has 4 heterocycles. The summed E-state index contributed by atoms with van der Waals surface area (Å²) in [5, 5.41) is 1.17. The number of anilines is 2. The van der Waals surface area contributed by atoms with E-state index in [1.165, 1.54) is 5.39 Å². The van der Waals surface area contributed by atoms with Crippen molar-refractivity contribution in [2.45, 2.75) is 18.8 Å². The normalized spacial score (nSPS) is 18.3. The van der Waals surface area contributed by atoms with Crippen LogP contribution < -0.4 is 9.80 Å². The number of piperidine rings is 1. The number of nitrogens with zero attached hydrogens (tertiary/aromatic N) is 5. The molecule has 2 aliphatic rings. The van der Waals surface area contributed by atoms with Crippen LogP contribution in [-0.4, -0.2) is 47.4 Å². The Morgan fingerprint density at radius 3 is 2.54 bits per heavy atom. The third-order valence-corrected chi connectivity index (χ3v) is 5.91. The van der Waals surface area contributed by atoms with Gasteiger partial charge in [0.2, 0.25) is 0 Å². The number of para-hydroxylation sites is 1. The van der Waals surface area contributed by atoms with Crippen LogP contribution in [0.5, 0.6) is 0 Å². The summed E-state index contributed by atoms with van der Waals surface area (Å²) in [6.45, 7) is 3.55.